The van der Waals surface area contributed by atoms with Crippen molar-refractivity contribution >= 4 is 6.29 Å². The van der Waals surface area contributed by atoms with Crippen LogP contribution in [0.5, 0.6) is 0 Å². The maximum atomic E-state index is 11.0. The summed E-state index contributed by atoms with van der Waals surface area (Å²) in [6.07, 6.45) is 7.17. The molecule has 0 spiro atoms. The van der Waals surface area contributed by atoms with Gasteiger partial charge in [-0.3, -0.25) is 0 Å². The van der Waals surface area contributed by atoms with Crippen LogP contribution in [0.25, 0.3) is 0 Å². The van der Waals surface area contributed by atoms with Crippen molar-refractivity contribution in [3.05, 3.63) is 0 Å². The molecule has 2 aliphatic rings. The number of rotatable bonds is 3. The van der Waals surface area contributed by atoms with Crippen molar-refractivity contribution < 1.29 is 9.90 Å². The van der Waals surface area contributed by atoms with Crippen molar-refractivity contribution in [3.8, 4) is 0 Å². The van der Waals surface area contributed by atoms with Gasteiger partial charge in [-0.15, -0.1) is 0 Å². The molecule has 0 radical (unpaired) electrons. The molecule has 2 nitrogen and oxygen atoms in total. The van der Waals surface area contributed by atoms with Gasteiger partial charge in [-0.2, -0.15) is 0 Å². The second-order valence-corrected chi connectivity index (χ2v) is 6.13. The summed E-state index contributed by atoms with van der Waals surface area (Å²) < 4.78 is 0. The largest absolute Gasteiger partial charge is 0.396 e. The topological polar surface area (TPSA) is 37.3 Å². The van der Waals surface area contributed by atoms with E-state index in [0.29, 0.717) is 29.8 Å². The van der Waals surface area contributed by atoms with Crippen molar-refractivity contribution in [3.63, 3.8) is 0 Å². The van der Waals surface area contributed by atoms with Crippen LogP contribution in [0.1, 0.15) is 46.0 Å². The van der Waals surface area contributed by atoms with E-state index in [0.717, 1.165) is 6.29 Å². The number of aliphatic hydroxyl groups is 1. The number of hydrogen-bond donors (Lipinski definition) is 1. The Morgan fingerprint density at radius 3 is 2.81 bits per heavy atom. The Balaban J connectivity index is 2.20. The molecule has 2 aliphatic carbocycles. The molecule has 0 amide bonds. The third-order valence-corrected chi connectivity index (χ3v) is 5.43. The van der Waals surface area contributed by atoms with Crippen LogP contribution in [0.4, 0.5) is 0 Å². The molecule has 16 heavy (non-hydrogen) atoms. The Morgan fingerprint density at radius 1 is 1.44 bits per heavy atom. The molecule has 1 N–H and O–H groups in total. The summed E-state index contributed by atoms with van der Waals surface area (Å²) in [6, 6.07) is 0. The first-order valence-electron chi connectivity index (χ1n) is 6.69. The quantitative estimate of drug-likeness (QED) is 0.748. The molecule has 0 saturated heterocycles. The molecule has 2 fully saturated rings. The maximum absolute atomic E-state index is 11.0. The van der Waals surface area contributed by atoms with E-state index < -0.39 is 0 Å². The standard InChI is InChI=1S/C14H24O2/c1-10(8-15)12-5-6-13-11(9-16)4-3-7-14(12,13)2/h8,10-13,16H,3-7,9H2,1-2H3/t10?,11?,12-,13?,14-/m1/s1. The van der Waals surface area contributed by atoms with E-state index in [1.807, 2.05) is 0 Å². The summed E-state index contributed by atoms with van der Waals surface area (Å²) in [4.78, 5) is 11.0. The molecule has 2 heteroatoms. The zero-order valence-corrected chi connectivity index (χ0v) is 10.5. The number of hydrogen-bond acceptors (Lipinski definition) is 2. The first kappa shape index (κ1) is 12.1. The minimum atomic E-state index is 0.187. The van der Waals surface area contributed by atoms with Gasteiger partial charge < -0.3 is 9.90 Å². The lowest BCUT2D eigenvalue weighted by Gasteiger charge is -2.45. The Labute approximate surface area is 98.4 Å². The molecule has 0 aromatic heterocycles. The average molecular weight is 224 g/mol. The van der Waals surface area contributed by atoms with Crippen molar-refractivity contribution in [2.75, 3.05) is 6.61 Å². The van der Waals surface area contributed by atoms with E-state index >= 15 is 0 Å². The second kappa shape index (κ2) is 4.48. The number of aldehydes is 1. The van der Waals surface area contributed by atoms with Crippen LogP contribution in [0.3, 0.4) is 0 Å². The highest BCUT2D eigenvalue weighted by Gasteiger charge is 2.52. The van der Waals surface area contributed by atoms with E-state index in [9.17, 15) is 9.90 Å². The first-order chi connectivity index (χ1) is 7.63. The molecule has 0 bridgehead atoms. The van der Waals surface area contributed by atoms with Crippen LogP contribution in [0, 0.1) is 29.1 Å². The summed E-state index contributed by atoms with van der Waals surface area (Å²) >= 11 is 0. The smallest absolute Gasteiger partial charge is 0.123 e. The predicted molar refractivity (Wildman–Crippen MR) is 64.0 cm³/mol. The Kier molecular flexibility index (Phi) is 3.39. The van der Waals surface area contributed by atoms with Crippen LogP contribution >= 0.6 is 0 Å². The lowest BCUT2D eigenvalue weighted by molar-refractivity contribution is -0.114. The van der Waals surface area contributed by atoms with Crippen molar-refractivity contribution in [2.24, 2.45) is 29.1 Å². The lowest BCUT2D eigenvalue weighted by Crippen LogP contribution is -2.40. The number of carbonyl (C=O) groups excluding carboxylic acids is 1. The highest BCUT2D eigenvalue weighted by Crippen LogP contribution is 2.59. The molecule has 5 atom stereocenters. The molecule has 3 unspecified atom stereocenters. The number of carbonyl (C=O) groups is 1. The van der Waals surface area contributed by atoms with E-state index in [2.05, 4.69) is 13.8 Å². The molecular weight excluding hydrogens is 200 g/mol. The predicted octanol–water partition coefficient (Wildman–Crippen LogP) is 2.65. The van der Waals surface area contributed by atoms with Gasteiger partial charge in [-0.25, -0.2) is 0 Å². The van der Waals surface area contributed by atoms with Gasteiger partial charge in [0, 0.05) is 12.5 Å². The Bertz CT molecular complexity index is 263. The molecule has 0 aliphatic heterocycles. The fourth-order valence-electron chi connectivity index (χ4n) is 4.56. The third kappa shape index (κ3) is 1.71. The third-order valence-electron chi connectivity index (χ3n) is 5.43. The summed E-state index contributed by atoms with van der Waals surface area (Å²) in [7, 11) is 0. The van der Waals surface area contributed by atoms with Gasteiger partial charge in [0.25, 0.3) is 0 Å². The van der Waals surface area contributed by atoms with Gasteiger partial charge in [0.2, 0.25) is 0 Å². The molecule has 2 saturated carbocycles. The maximum Gasteiger partial charge on any atom is 0.123 e. The first-order valence-corrected chi connectivity index (χ1v) is 6.69. The monoisotopic (exact) mass is 224 g/mol. The van der Waals surface area contributed by atoms with Gasteiger partial charge in [0.05, 0.1) is 0 Å². The fourth-order valence-corrected chi connectivity index (χ4v) is 4.56. The van der Waals surface area contributed by atoms with Gasteiger partial charge >= 0.3 is 0 Å². The molecule has 0 heterocycles. The fraction of sp³-hybridized carbons (Fsp3) is 0.929. The Hall–Kier alpha value is -0.370. The minimum Gasteiger partial charge on any atom is -0.396 e. The van der Waals surface area contributed by atoms with Gasteiger partial charge in [0.15, 0.2) is 0 Å². The van der Waals surface area contributed by atoms with Crippen LogP contribution in [0.15, 0.2) is 0 Å². The normalized spacial score (nSPS) is 45.1. The van der Waals surface area contributed by atoms with Crippen molar-refractivity contribution in [1.29, 1.82) is 0 Å². The molecular formula is C14H24O2. The highest BCUT2D eigenvalue weighted by atomic mass is 16.3. The summed E-state index contributed by atoms with van der Waals surface area (Å²) in [5.74, 6) is 1.87. The summed E-state index contributed by atoms with van der Waals surface area (Å²) in [5.41, 5.74) is 0.311. The number of fused-ring (bicyclic) bond motifs is 1. The Morgan fingerprint density at radius 2 is 2.19 bits per heavy atom. The van der Waals surface area contributed by atoms with Crippen LogP contribution in [0.2, 0.25) is 0 Å². The highest BCUT2D eigenvalue weighted by molar-refractivity contribution is 5.53. The molecule has 0 aromatic carbocycles. The number of aliphatic hydroxyl groups excluding tert-OH is 1. The zero-order valence-electron chi connectivity index (χ0n) is 10.5. The molecule has 92 valence electrons. The van der Waals surface area contributed by atoms with Crippen LogP contribution in [-0.2, 0) is 4.79 Å². The van der Waals surface area contributed by atoms with Crippen molar-refractivity contribution in [1.82, 2.24) is 0 Å². The van der Waals surface area contributed by atoms with Crippen LogP contribution in [-0.4, -0.2) is 18.0 Å². The molecule has 2 rings (SSSR count). The molecule has 0 aromatic rings. The van der Waals surface area contributed by atoms with E-state index in [-0.39, 0.29) is 5.92 Å². The van der Waals surface area contributed by atoms with E-state index in [1.165, 1.54) is 32.1 Å². The second-order valence-electron chi connectivity index (χ2n) is 6.13. The van der Waals surface area contributed by atoms with E-state index in [1.54, 1.807) is 0 Å². The minimum absolute atomic E-state index is 0.187. The van der Waals surface area contributed by atoms with Crippen molar-refractivity contribution in [2.45, 2.75) is 46.0 Å². The van der Waals surface area contributed by atoms with E-state index in [4.69, 9.17) is 0 Å². The summed E-state index contributed by atoms with van der Waals surface area (Å²) in [6.45, 7) is 4.76. The van der Waals surface area contributed by atoms with Gasteiger partial charge in [0.1, 0.15) is 6.29 Å². The lowest BCUT2D eigenvalue weighted by atomic mass is 9.59. The average Bonchev–Trinajstić information content (AvgIpc) is 2.64. The summed E-state index contributed by atoms with van der Waals surface area (Å²) in [5, 5.41) is 9.47. The van der Waals surface area contributed by atoms with Crippen LogP contribution < -0.4 is 0 Å². The SMILES string of the molecule is CC(C=O)[C@H]1CCC2C(CO)CCC[C@@]21C. The zero-order chi connectivity index (χ0) is 11.8. The van der Waals surface area contributed by atoms with Gasteiger partial charge in [-0.1, -0.05) is 20.3 Å². The van der Waals surface area contributed by atoms with Gasteiger partial charge in [-0.05, 0) is 48.9 Å².